The summed E-state index contributed by atoms with van der Waals surface area (Å²) >= 11 is 11.9. The van der Waals surface area contributed by atoms with Crippen LogP contribution in [0.15, 0.2) is 88.3 Å². The minimum atomic E-state index is -0.894. The standard InChI is InChI=1S/C18H18N4O.C9H8BrNO.C9H8BrNS/c1-18(2,23)15-8-14(9-19-10-15)12-3-5-16-13(7-12)4-6-17-21-20-11-22(16)17;2*10-7-2-3-8-6(5-7)1-4-9(12)11-8/h3,5,7-11,23H,4,6H2,1-2H3;2*2-3,5H,1,4H2,(H,11,12). The molecule has 3 N–H and O–H groups in total. The van der Waals surface area contributed by atoms with Crippen LogP contribution >= 0.6 is 44.1 Å². The van der Waals surface area contributed by atoms with Gasteiger partial charge in [0.1, 0.15) is 12.2 Å². The van der Waals surface area contributed by atoms with E-state index in [0.29, 0.717) is 6.42 Å². The maximum Gasteiger partial charge on any atom is 0.224 e. The molecule has 5 aromatic rings. The van der Waals surface area contributed by atoms with Gasteiger partial charge in [-0.05, 0) is 110 Å². The van der Waals surface area contributed by atoms with Gasteiger partial charge in [0.25, 0.3) is 0 Å². The SMILES string of the molecule is CC(C)(O)c1cncc(-c2ccc3c(c2)CCc2nncn2-3)c1.O=C1CCc2cc(Br)ccc2N1.S=C1CCc2cc(Br)ccc2N1. The average Bonchev–Trinajstić information content (AvgIpc) is 3.55. The molecule has 47 heavy (non-hydrogen) atoms. The van der Waals surface area contributed by atoms with Crippen molar-refractivity contribution < 1.29 is 9.90 Å². The molecule has 8 nitrogen and oxygen atoms in total. The zero-order chi connectivity index (χ0) is 33.1. The van der Waals surface area contributed by atoms with Crippen molar-refractivity contribution in [2.45, 2.75) is 58.0 Å². The zero-order valence-electron chi connectivity index (χ0n) is 26.1. The largest absolute Gasteiger partial charge is 0.386 e. The van der Waals surface area contributed by atoms with Gasteiger partial charge in [0, 0.05) is 63.1 Å². The third-order valence-electron chi connectivity index (χ3n) is 8.28. The normalized spacial score (nSPS) is 14.4. The van der Waals surface area contributed by atoms with Crippen LogP contribution in [0.25, 0.3) is 16.8 Å². The summed E-state index contributed by atoms with van der Waals surface area (Å²) in [4.78, 5) is 16.2. The fourth-order valence-electron chi connectivity index (χ4n) is 5.71. The molecule has 0 bridgehead atoms. The lowest BCUT2D eigenvalue weighted by Crippen LogP contribution is -2.18. The summed E-state index contributed by atoms with van der Waals surface area (Å²) in [6.45, 7) is 3.54. The van der Waals surface area contributed by atoms with Crippen molar-refractivity contribution in [3.05, 3.63) is 116 Å². The van der Waals surface area contributed by atoms with E-state index >= 15 is 0 Å². The molecule has 1 amide bonds. The summed E-state index contributed by atoms with van der Waals surface area (Å²) in [6.07, 6.45) is 10.7. The molecule has 3 aliphatic heterocycles. The first-order valence-corrected chi connectivity index (χ1v) is 17.4. The van der Waals surface area contributed by atoms with Gasteiger partial charge in [-0.3, -0.25) is 14.3 Å². The highest BCUT2D eigenvalue weighted by Gasteiger charge is 2.20. The molecular formula is C36H34Br2N6O2S. The third-order valence-corrected chi connectivity index (χ3v) is 9.57. The number of rotatable bonds is 2. The number of aromatic nitrogens is 4. The summed E-state index contributed by atoms with van der Waals surface area (Å²) in [5, 5.41) is 24.4. The van der Waals surface area contributed by atoms with Crippen LogP contribution in [0.1, 0.15) is 54.8 Å². The Morgan fingerprint density at radius 2 is 1.47 bits per heavy atom. The first-order valence-electron chi connectivity index (χ1n) is 15.4. The number of benzene rings is 3. The van der Waals surface area contributed by atoms with E-state index in [2.05, 4.69) is 94.1 Å². The number of thiocarbonyl (C=S) groups is 1. The van der Waals surface area contributed by atoms with Crippen LogP contribution in [-0.2, 0) is 36.1 Å². The predicted octanol–water partition coefficient (Wildman–Crippen LogP) is 8.12. The molecule has 3 aromatic carbocycles. The number of carbonyl (C=O) groups excluding carboxylic acids is 1. The summed E-state index contributed by atoms with van der Waals surface area (Å²) < 4.78 is 4.25. The van der Waals surface area contributed by atoms with Gasteiger partial charge in [0.2, 0.25) is 5.91 Å². The lowest BCUT2D eigenvalue weighted by molar-refractivity contribution is -0.116. The fraction of sp³-hybridized carbons (Fsp3) is 0.250. The van der Waals surface area contributed by atoms with Crippen LogP contribution in [0, 0.1) is 0 Å². The molecule has 0 saturated carbocycles. The maximum absolute atomic E-state index is 11.0. The molecule has 3 aliphatic rings. The van der Waals surface area contributed by atoms with Gasteiger partial charge in [-0.2, -0.15) is 0 Å². The van der Waals surface area contributed by atoms with Gasteiger partial charge in [-0.25, -0.2) is 0 Å². The first-order chi connectivity index (χ1) is 22.5. The molecular weight excluding hydrogens is 740 g/mol. The van der Waals surface area contributed by atoms with Gasteiger partial charge in [0.15, 0.2) is 0 Å². The van der Waals surface area contributed by atoms with Crippen LogP contribution in [0.5, 0.6) is 0 Å². The number of amides is 1. The second-order valence-corrected chi connectivity index (χ2v) is 14.5. The lowest BCUT2D eigenvalue weighted by Gasteiger charge is -2.20. The number of aryl methyl sites for hydroxylation is 4. The highest BCUT2D eigenvalue weighted by atomic mass is 79.9. The molecule has 0 radical (unpaired) electrons. The van der Waals surface area contributed by atoms with Crippen molar-refractivity contribution >= 4 is 66.3 Å². The van der Waals surface area contributed by atoms with Crippen molar-refractivity contribution in [2.24, 2.45) is 0 Å². The molecule has 0 aliphatic carbocycles. The number of aliphatic hydroxyl groups is 1. The van der Waals surface area contributed by atoms with Crippen molar-refractivity contribution in [3.63, 3.8) is 0 Å². The summed E-state index contributed by atoms with van der Waals surface area (Å²) in [5.41, 5.74) is 9.14. The monoisotopic (exact) mass is 772 g/mol. The number of nitrogens with one attached hydrogen (secondary N) is 2. The summed E-state index contributed by atoms with van der Waals surface area (Å²) in [7, 11) is 0. The topological polar surface area (TPSA) is 105 Å². The molecule has 11 heteroatoms. The minimum Gasteiger partial charge on any atom is -0.386 e. The molecule has 0 unspecified atom stereocenters. The van der Waals surface area contributed by atoms with Gasteiger partial charge in [-0.15, -0.1) is 10.2 Å². The van der Waals surface area contributed by atoms with Crippen molar-refractivity contribution in [1.29, 1.82) is 0 Å². The van der Waals surface area contributed by atoms with Crippen molar-refractivity contribution in [1.82, 2.24) is 19.7 Å². The highest BCUT2D eigenvalue weighted by molar-refractivity contribution is 9.10. The van der Waals surface area contributed by atoms with Crippen LogP contribution in [-0.4, -0.2) is 35.8 Å². The van der Waals surface area contributed by atoms with Gasteiger partial charge in [0.05, 0.1) is 16.3 Å². The predicted molar refractivity (Wildman–Crippen MR) is 197 cm³/mol. The molecule has 5 heterocycles. The second-order valence-electron chi connectivity index (χ2n) is 12.2. The molecule has 8 rings (SSSR count). The summed E-state index contributed by atoms with van der Waals surface area (Å²) in [6, 6.07) is 20.5. The van der Waals surface area contributed by atoms with E-state index in [-0.39, 0.29) is 5.91 Å². The number of carbonyl (C=O) groups is 1. The fourth-order valence-corrected chi connectivity index (χ4v) is 6.74. The van der Waals surface area contributed by atoms with Crippen LogP contribution in [0.4, 0.5) is 11.4 Å². The number of hydrogen-bond acceptors (Lipinski definition) is 6. The van der Waals surface area contributed by atoms with Crippen LogP contribution in [0.3, 0.4) is 0 Å². The molecule has 2 aromatic heterocycles. The summed E-state index contributed by atoms with van der Waals surface area (Å²) in [5.74, 6) is 1.13. The van der Waals surface area contributed by atoms with Crippen LogP contribution < -0.4 is 10.6 Å². The Balaban J connectivity index is 0.000000136. The number of fused-ring (bicyclic) bond motifs is 5. The Kier molecular flexibility index (Phi) is 9.98. The molecule has 0 saturated heterocycles. The first kappa shape index (κ1) is 33.1. The van der Waals surface area contributed by atoms with Crippen LogP contribution in [0.2, 0.25) is 0 Å². The quantitative estimate of drug-likeness (QED) is 0.156. The Bertz CT molecular complexity index is 1900. The maximum atomic E-state index is 11.0. The molecule has 0 spiro atoms. The third kappa shape index (κ3) is 8.03. The number of pyridine rings is 1. The molecule has 0 atom stereocenters. The average molecular weight is 775 g/mol. The van der Waals surface area contributed by atoms with E-state index in [1.165, 1.54) is 16.7 Å². The highest BCUT2D eigenvalue weighted by Crippen LogP contribution is 2.31. The zero-order valence-corrected chi connectivity index (χ0v) is 30.0. The Hall–Kier alpha value is -3.77. The minimum absolute atomic E-state index is 0.116. The van der Waals surface area contributed by atoms with Gasteiger partial charge < -0.3 is 15.7 Å². The second kappa shape index (κ2) is 14.1. The van der Waals surface area contributed by atoms with E-state index in [1.807, 2.05) is 35.0 Å². The van der Waals surface area contributed by atoms with E-state index in [9.17, 15) is 9.90 Å². The Morgan fingerprint density at radius 3 is 2.19 bits per heavy atom. The van der Waals surface area contributed by atoms with Gasteiger partial charge in [-0.1, -0.05) is 50.1 Å². The van der Waals surface area contributed by atoms with Gasteiger partial charge >= 0.3 is 0 Å². The van der Waals surface area contributed by atoms with E-state index in [1.54, 1.807) is 26.4 Å². The Labute approximate surface area is 296 Å². The van der Waals surface area contributed by atoms with Crippen molar-refractivity contribution in [2.75, 3.05) is 10.6 Å². The smallest absolute Gasteiger partial charge is 0.224 e. The number of halogens is 2. The van der Waals surface area contributed by atoms with E-state index in [0.717, 1.165) is 85.6 Å². The number of nitrogens with zero attached hydrogens (tertiary/aromatic N) is 4. The molecule has 240 valence electrons. The number of hydrogen-bond donors (Lipinski definition) is 3. The van der Waals surface area contributed by atoms with E-state index in [4.69, 9.17) is 12.2 Å². The van der Waals surface area contributed by atoms with Crippen molar-refractivity contribution in [3.8, 4) is 16.8 Å². The molecule has 0 fully saturated rings. The van der Waals surface area contributed by atoms with E-state index < -0.39 is 5.60 Å². The number of anilines is 2. The Morgan fingerprint density at radius 1 is 0.787 bits per heavy atom. The lowest BCUT2D eigenvalue weighted by atomic mass is 9.94.